The van der Waals surface area contributed by atoms with Gasteiger partial charge in [-0.1, -0.05) is 0 Å². The van der Waals surface area contributed by atoms with E-state index in [0.29, 0.717) is 6.61 Å². The summed E-state index contributed by atoms with van der Waals surface area (Å²) in [4.78, 5) is 5.58. The molecule has 0 aromatic carbocycles. The molecule has 2 rings (SSSR count). The monoisotopic (exact) mass is 315 g/mol. The van der Waals surface area contributed by atoms with Crippen molar-refractivity contribution in [2.24, 2.45) is 0 Å². The van der Waals surface area contributed by atoms with Crippen LogP contribution in [0.15, 0.2) is 28.3 Å². The molecule has 2 aromatic rings. The van der Waals surface area contributed by atoms with E-state index >= 15 is 0 Å². The van der Waals surface area contributed by atoms with Crippen molar-refractivity contribution in [3.05, 3.63) is 33.2 Å². The highest BCUT2D eigenvalue weighted by atomic mass is 79.9. The Morgan fingerprint density at radius 3 is 3.12 bits per heavy atom. The van der Waals surface area contributed by atoms with Crippen LogP contribution in [0.1, 0.15) is 4.88 Å². The summed E-state index contributed by atoms with van der Waals surface area (Å²) in [6, 6.07) is 4.18. The Bertz CT molecular complexity index is 469. The summed E-state index contributed by atoms with van der Waals surface area (Å²) in [6.07, 6.45) is 3.78. The number of aromatic nitrogens is 2. The van der Waals surface area contributed by atoms with E-state index in [-0.39, 0.29) is 0 Å². The van der Waals surface area contributed by atoms with Crippen molar-refractivity contribution in [2.75, 3.05) is 25.6 Å². The molecule has 0 aliphatic carbocycles. The fourth-order valence-corrected chi connectivity index (χ4v) is 2.96. The SMILES string of the molecule is COCCNc1nccn1Cc1ccc(Br)s1. The Morgan fingerprint density at radius 1 is 1.53 bits per heavy atom. The van der Waals surface area contributed by atoms with Crippen LogP contribution in [0.4, 0.5) is 5.95 Å². The second kappa shape index (κ2) is 6.18. The smallest absolute Gasteiger partial charge is 0.203 e. The number of nitrogens with one attached hydrogen (secondary N) is 1. The maximum atomic E-state index is 5.00. The predicted molar refractivity (Wildman–Crippen MR) is 73.7 cm³/mol. The largest absolute Gasteiger partial charge is 0.383 e. The second-order valence-electron chi connectivity index (χ2n) is 3.50. The van der Waals surface area contributed by atoms with E-state index in [0.717, 1.165) is 22.8 Å². The topological polar surface area (TPSA) is 39.1 Å². The Balaban J connectivity index is 1.98. The quantitative estimate of drug-likeness (QED) is 0.833. The summed E-state index contributed by atoms with van der Waals surface area (Å²) in [5, 5.41) is 3.24. The number of nitrogens with zero attached hydrogens (tertiary/aromatic N) is 2. The van der Waals surface area contributed by atoms with Gasteiger partial charge in [0.25, 0.3) is 0 Å². The number of hydrogen-bond donors (Lipinski definition) is 1. The Labute approximate surface area is 113 Å². The summed E-state index contributed by atoms with van der Waals surface area (Å²) in [6.45, 7) is 2.28. The molecule has 0 bridgehead atoms. The lowest BCUT2D eigenvalue weighted by Crippen LogP contribution is -2.12. The van der Waals surface area contributed by atoms with Crippen LogP contribution >= 0.6 is 27.3 Å². The number of thiophene rings is 1. The summed E-state index contributed by atoms with van der Waals surface area (Å²) >= 11 is 5.21. The highest BCUT2D eigenvalue weighted by molar-refractivity contribution is 9.11. The zero-order valence-corrected chi connectivity index (χ0v) is 11.9. The fraction of sp³-hybridized carbons (Fsp3) is 0.364. The third-order valence-electron chi connectivity index (χ3n) is 2.26. The van der Waals surface area contributed by atoms with Crippen LogP contribution in [-0.2, 0) is 11.3 Å². The van der Waals surface area contributed by atoms with Gasteiger partial charge in [0.2, 0.25) is 5.95 Å². The molecular weight excluding hydrogens is 302 g/mol. The van der Waals surface area contributed by atoms with Gasteiger partial charge in [0.05, 0.1) is 16.9 Å². The van der Waals surface area contributed by atoms with E-state index < -0.39 is 0 Å². The number of ether oxygens (including phenoxy) is 1. The van der Waals surface area contributed by atoms with Gasteiger partial charge in [0.1, 0.15) is 0 Å². The molecule has 1 N–H and O–H groups in total. The van der Waals surface area contributed by atoms with Gasteiger partial charge in [-0.15, -0.1) is 11.3 Å². The summed E-state index contributed by atoms with van der Waals surface area (Å²) in [5.41, 5.74) is 0. The highest BCUT2D eigenvalue weighted by Gasteiger charge is 2.04. The number of imidazole rings is 1. The minimum Gasteiger partial charge on any atom is -0.383 e. The molecule has 6 heteroatoms. The number of halogens is 1. The van der Waals surface area contributed by atoms with Gasteiger partial charge in [-0.25, -0.2) is 4.98 Å². The summed E-state index contributed by atoms with van der Waals surface area (Å²) in [5.74, 6) is 0.881. The first kappa shape index (κ1) is 12.6. The molecule has 0 amide bonds. The normalized spacial score (nSPS) is 10.7. The third kappa shape index (κ3) is 3.55. The molecule has 0 saturated heterocycles. The van der Waals surface area contributed by atoms with Gasteiger partial charge in [-0.2, -0.15) is 0 Å². The summed E-state index contributed by atoms with van der Waals surface area (Å²) < 4.78 is 8.24. The molecule has 0 fully saturated rings. The Kier molecular flexibility index (Phi) is 4.58. The van der Waals surface area contributed by atoms with Crippen LogP contribution in [0.25, 0.3) is 0 Å². The third-order valence-corrected chi connectivity index (χ3v) is 3.87. The van der Waals surface area contributed by atoms with Crippen LogP contribution < -0.4 is 5.32 Å². The second-order valence-corrected chi connectivity index (χ2v) is 6.05. The molecule has 2 aromatic heterocycles. The van der Waals surface area contributed by atoms with Gasteiger partial charge >= 0.3 is 0 Å². The Morgan fingerprint density at radius 2 is 2.41 bits per heavy atom. The van der Waals surface area contributed by atoms with Gasteiger partial charge in [-0.3, -0.25) is 0 Å². The van der Waals surface area contributed by atoms with Crippen molar-refractivity contribution < 1.29 is 4.74 Å². The lowest BCUT2D eigenvalue weighted by molar-refractivity contribution is 0.210. The van der Waals surface area contributed by atoms with E-state index in [4.69, 9.17) is 4.74 Å². The van der Waals surface area contributed by atoms with E-state index in [2.05, 4.69) is 42.9 Å². The van der Waals surface area contributed by atoms with Crippen molar-refractivity contribution >= 4 is 33.2 Å². The van der Waals surface area contributed by atoms with Crippen LogP contribution in [-0.4, -0.2) is 29.8 Å². The van der Waals surface area contributed by atoms with Gasteiger partial charge in [0, 0.05) is 30.9 Å². The van der Waals surface area contributed by atoms with Crippen molar-refractivity contribution in [1.29, 1.82) is 0 Å². The first-order valence-electron chi connectivity index (χ1n) is 5.28. The average Bonchev–Trinajstić information content (AvgIpc) is 2.90. The van der Waals surface area contributed by atoms with Crippen LogP contribution in [0, 0.1) is 0 Å². The molecular formula is C11H14BrN3OS. The average molecular weight is 316 g/mol. The lowest BCUT2D eigenvalue weighted by Gasteiger charge is -2.08. The van der Waals surface area contributed by atoms with Gasteiger partial charge < -0.3 is 14.6 Å². The van der Waals surface area contributed by atoms with E-state index in [9.17, 15) is 0 Å². The van der Waals surface area contributed by atoms with E-state index in [1.807, 2.05) is 6.20 Å². The standard InChI is InChI=1S/C11H14BrN3OS/c1-16-7-5-14-11-13-4-6-15(11)8-9-2-3-10(12)17-9/h2-4,6H,5,7-8H2,1H3,(H,13,14). The molecule has 2 heterocycles. The molecule has 92 valence electrons. The van der Waals surface area contributed by atoms with Gasteiger partial charge in [-0.05, 0) is 28.1 Å². The highest BCUT2D eigenvalue weighted by Crippen LogP contribution is 2.23. The van der Waals surface area contributed by atoms with Crippen molar-refractivity contribution in [3.8, 4) is 0 Å². The molecule has 0 unspecified atom stereocenters. The van der Waals surface area contributed by atoms with Crippen LogP contribution in [0.5, 0.6) is 0 Å². The molecule has 0 saturated carbocycles. The van der Waals surface area contributed by atoms with Crippen molar-refractivity contribution in [1.82, 2.24) is 9.55 Å². The zero-order valence-electron chi connectivity index (χ0n) is 9.52. The molecule has 0 radical (unpaired) electrons. The first-order valence-corrected chi connectivity index (χ1v) is 6.88. The molecule has 0 atom stereocenters. The fourth-order valence-electron chi connectivity index (χ4n) is 1.47. The minimum absolute atomic E-state index is 0.678. The number of hydrogen-bond acceptors (Lipinski definition) is 4. The lowest BCUT2D eigenvalue weighted by atomic mass is 10.4. The maximum absolute atomic E-state index is 5.00. The number of rotatable bonds is 6. The minimum atomic E-state index is 0.678. The van der Waals surface area contributed by atoms with Crippen molar-refractivity contribution in [3.63, 3.8) is 0 Å². The van der Waals surface area contributed by atoms with E-state index in [1.165, 1.54) is 4.88 Å². The Hall–Kier alpha value is -0.850. The number of methoxy groups -OCH3 is 1. The zero-order chi connectivity index (χ0) is 12.1. The predicted octanol–water partition coefficient (Wildman–Crippen LogP) is 2.81. The first-order chi connectivity index (χ1) is 8.29. The van der Waals surface area contributed by atoms with Crippen LogP contribution in [0.3, 0.4) is 0 Å². The maximum Gasteiger partial charge on any atom is 0.203 e. The molecule has 0 aliphatic heterocycles. The molecule has 0 aliphatic rings. The molecule has 17 heavy (non-hydrogen) atoms. The van der Waals surface area contributed by atoms with Crippen molar-refractivity contribution in [2.45, 2.75) is 6.54 Å². The molecule has 0 spiro atoms. The van der Waals surface area contributed by atoms with E-state index in [1.54, 1.807) is 24.6 Å². The number of anilines is 1. The molecule has 4 nitrogen and oxygen atoms in total. The van der Waals surface area contributed by atoms with Crippen LogP contribution in [0.2, 0.25) is 0 Å². The summed E-state index contributed by atoms with van der Waals surface area (Å²) in [7, 11) is 1.69. The van der Waals surface area contributed by atoms with Gasteiger partial charge in [0.15, 0.2) is 0 Å².